The number of ether oxygens (including phenoxy) is 2. The van der Waals surface area contributed by atoms with Gasteiger partial charge in [-0.1, -0.05) is 0 Å². The average molecular weight is 557 g/mol. The van der Waals surface area contributed by atoms with Crippen molar-refractivity contribution < 1.29 is 52.9 Å². The summed E-state index contributed by atoms with van der Waals surface area (Å²) in [6.07, 6.45) is -0.479. The topological polar surface area (TPSA) is 199 Å². The summed E-state index contributed by atoms with van der Waals surface area (Å²) < 4.78 is 10.0. The third-order valence-electron chi connectivity index (χ3n) is 5.01. The van der Waals surface area contributed by atoms with Crippen molar-refractivity contribution in [2.45, 2.75) is 106 Å². The first-order valence-electron chi connectivity index (χ1n) is 12.2. The average Bonchev–Trinajstić information content (AvgIpc) is 3.03. The molecule has 0 spiro atoms. The quantitative estimate of drug-likeness (QED) is 0.244. The SMILES string of the molecule is CC(=O)CC(=O)OC(C)(C)C.CC(C)(C)OC(=O)CC1(C)CC(=O)NC1=O.CC1(CC(=O)O)CC(=O)NC1=O. The summed E-state index contributed by atoms with van der Waals surface area (Å²) in [5.74, 6) is -3.77. The molecule has 13 heteroatoms. The summed E-state index contributed by atoms with van der Waals surface area (Å²) in [5, 5.41) is 12.7. The second-order valence-corrected chi connectivity index (χ2v) is 12.0. The molecule has 13 nitrogen and oxygen atoms in total. The molecule has 3 N–H and O–H groups in total. The van der Waals surface area contributed by atoms with Crippen LogP contribution in [-0.4, -0.2) is 63.6 Å². The van der Waals surface area contributed by atoms with Crippen molar-refractivity contribution in [2.75, 3.05) is 0 Å². The zero-order valence-corrected chi connectivity index (χ0v) is 24.1. The lowest BCUT2D eigenvalue weighted by molar-refractivity contribution is -0.159. The Morgan fingerprint density at radius 1 is 0.744 bits per heavy atom. The summed E-state index contributed by atoms with van der Waals surface area (Å²) >= 11 is 0. The van der Waals surface area contributed by atoms with Crippen molar-refractivity contribution in [1.29, 1.82) is 0 Å². The van der Waals surface area contributed by atoms with E-state index < -0.39 is 57.7 Å². The molecule has 0 aromatic carbocycles. The number of rotatable bonds is 6. The Morgan fingerprint density at radius 2 is 1.10 bits per heavy atom. The molecule has 0 aromatic rings. The molecular formula is C26H40N2O11. The van der Waals surface area contributed by atoms with E-state index in [1.165, 1.54) is 13.8 Å². The predicted molar refractivity (Wildman–Crippen MR) is 136 cm³/mol. The summed E-state index contributed by atoms with van der Waals surface area (Å²) in [5.41, 5.74) is -3.08. The van der Waals surface area contributed by atoms with Crippen LogP contribution in [0.5, 0.6) is 0 Å². The smallest absolute Gasteiger partial charge is 0.313 e. The zero-order valence-electron chi connectivity index (χ0n) is 24.1. The van der Waals surface area contributed by atoms with Gasteiger partial charge in [-0.3, -0.25) is 49.0 Å². The maximum atomic E-state index is 11.6. The van der Waals surface area contributed by atoms with E-state index in [-0.39, 0.29) is 43.8 Å². The number of aliphatic carboxylic acids is 1. The molecule has 2 fully saturated rings. The van der Waals surface area contributed by atoms with Gasteiger partial charge in [-0.15, -0.1) is 0 Å². The lowest BCUT2D eigenvalue weighted by atomic mass is 9.85. The van der Waals surface area contributed by atoms with Gasteiger partial charge in [0.15, 0.2) is 0 Å². The first kappa shape index (κ1) is 35.4. The van der Waals surface area contributed by atoms with Crippen LogP contribution in [-0.2, 0) is 47.8 Å². The Bertz CT molecular complexity index is 1020. The van der Waals surface area contributed by atoms with Crippen molar-refractivity contribution in [3.63, 3.8) is 0 Å². The van der Waals surface area contributed by atoms with Crippen molar-refractivity contribution in [3.8, 4) is 0 Å². The Balaban J connectivity index is 0.000000569. The first-order chi connectivity index (χ1) is 17.4. The van der Waals surface area contributed by atoms with Gasteiger partial charge in [0.25, 0.3) is 0 Å². The van der Waals surface area contributed by atoms with Gasteiger partial charge in [-0.05, 0) is 62.3 Å². The summed E-state index contributed by atoms with van der Waals surface area (Å²) in [6, 6.07) is 0. The number of esters is 2. The fourth-order valence-corrected chi connectivity index (χ4v) is 3.41. The van der Waals surface area contributed by atoms with Crippen LogP contribution in [0.2, 0.25) is 0 Å². The standard InChI is InChI=1S/C11H17NO4.C8H14O3.C7H9NO4/c1-10(2,3)16-8(14)6-11(4)5-7(13)12-9(11)15;1-6(9)5-7(10)11-8(2,3)4;1-7(3-5(10)11)2-4(9)8-6(7)12/h5-6H2,1-4H3,(H,12,13,15);5H2,1-4H3;2-3H2,1H3,(H,10,11)(H,8,9,12). The normalized spacial score (nSPS) is 22.4. The second kappa shape index (κ2) is 13.4. The highest BCUT2D eigenvalue weighted by atomic mass is 16.6. The molecule has 0 aliphatic carbocycles. The molecular weight excluding hydrogens is 516 g/mol. The molecule has 0 radical (unpaired) electrons. The number of ketones is 1. The van der Waals surface area contributed by atoms with Gasteiger partial charge in [0.2, 0.25) is 23.6 Å². The number of hydrogen-bond donors (Lipinski definition) is 3. The predicted octanol–water partition coefficient (Wildman–Crippen LogP) is 1.59. The first-order valence-corrected chi connectivity index (χ1v) is 12.2. The van der Waals surface area contributed by atoms with E-state index >= 15 is 0 Å². The molecule has 0 bridgehead atoms. The van der Waals surface area contributed by atoms with Gasteiger partial charge in [0.1, 0.15) is 23.4 Å². The van der Waals surface area contributed by atoms with Gasteiger partial charge in [0, 0.05) is 12.8 Å². The van der Waals surface area contributed by atoms with Gasteiger partial charge < -0.3 is 14.6 Å². The number of hydrogen-bond acceptors (Lipinski definition) is 10. The van der Waals surface area contributed by atoms with Crippen LogP contribution >= 0.6 is 0 Å². The number of carbonyl (C=O) groups is 8. The highest BCUT2D eigenvalue weighted by molar-refractivity contribution is 6.07. The maximum Gasteiger partial charge on any atom is 0.313 e. The van der Waals surface area contributed by atoms with Crippen LogP contribution in [0.4, 0.5) is 0 Å². The number of carboxylic acid groups (broad SMARTS) is 1. The fourth-order valence-electron chi connectivity index (χ4n) is 3.41. The lowest BCUT2D eigenvalue weighted by Gasteiger charge is -2.23. The van der Waals surface area contributed by atoms with Crippen LogP contribution in [0.3, 0.4) is 0 Å². The molecule has 0 aromatic heterocycles. The molecule has 2 unspecified atom stereocenters. The number of amides is 4. The largest absolute Gasteiger partial charge is 0.481 e. The van der Waals surface area contributed by atoms with Crippen molar-refractivity contribution in [1.82, 2.24) is 10.6 Å². The maximum absolute atomic E-state index is 11.6. The lowest BCUT2D eigenvalue weighted by Crippen LogP contribution is -2.33. The van der Waals surface area contributed by atoms with Gasteiger partial charge >= 0.3 is 17.9 Å². The summed E-state index contributed by atoms with van der Waals surface area (Å²) in [7, 11) is 0. The third kappa shape index (κ3) is 14.2. The minimum absolute atomic E-state index is 0.0296. The van der Waals surface area contributed by atoms with Gasteiger partial charge in [-0.2, -0.15) is 0 Å². The molecule has 2 aliphatic heterocycles. The minimum Gasteiger partial charge on any atom is -0.481 e. The van der Waals surface area contributed by atoms with Gasteiger partial charge in [0.05, 0.1) is 23.7 Å². The Kier molecular flexibility index (Phi) is 12.2. The van der Waals surface area contributed by atoms with Crippen LogP contribution < -0.4 is 10.6 Å². The van der Waals surface area contributed by atoms with E-state index in [9.17, 15) is 38.4 Å². The zero-order chi connectivity index (χ0) is 31.0. The molecule has 39 heavy (non-hydrogen) atoms. The van der Waals surface area contributed by atoms with E-state index in [1.54, 1.807) is 48.5 Å². The summed E-state index contributed by atoms with van der Waals surface area (Å²) in [4.78, 5) is 87.4. The number of Topliss-reactive ketones (excluding diaryl/α,β-unsaturated/α-hetero) is 1. The highest BCUT2D eigenvalue weighted by Gasteiger charge is 2.45. The molecule has 0 saturated carbocycles. The number of carboxylic acids is 1. The van der Waals surface area contributed by atoms with E-state index in [1.807, 2.05) is 0 Å². The van der Waals surface area contributed by atoms with Crippen LogP contribution in [0.15, 0.2) is 0 Å². The number of nitrogens with one attached hydrogen (secondary N) is 2. The molecule has 4 amide bonds. The fraction of sp³-hybridized carbons (Fsp3) is 0.692. The molecule has 220 valence electrons. The second-order valence-electron chi connectivity index (χ2n) is 12.0. The van der Waals surface area contributed by atoms with Crippen molar-refractivity contribution >= 4 is 47.3 Å². The Hall–Kier alpha value is -3.64. The molecule has 2 rings (SSSR count). The van der Waals surface area contributed by atoms with E-state index in [0.717, 1.165) is 0 Å². The van der Waals surface area contributed by atoms with Crippen molar-refractivity contribution in [2.24, 2.45) is 10.8 Å². The van der Waals surface area contributed by atoms with Gasteiger partial charge in [-0.25, -0.2) is 0 Å². The van der Waals surface area contributed by atoms with Crippen molar-refractivity contribution in [3.05, 3.63) is 0 Å². The molecule has 2 heterocycles. The summed E-state index contributed by atoms with van der Waals surface area (Å²) in [6.45, 7) is 15.0. The minimum atomic E-state index is -1.07. The number of carbonyl (C=O) groups excluding carboxylic acids is 7. The Morgan fingerprint density at radius 3 is 1.38 bits per heavy atom. The van der Waals surface area contributed by atoms with E-state index in [2.05, 4.69) is 10.6 Å². The van der Waals surface area contributed by atoms with E-state index in [4.69, 9.17) is 14.6 Å². The van der Waals surface area contributed by atoms with Crippen LogP contribution in [0.25, 0.3) is 0 Å². The van der Waals surface area contributed by atoms with E-state index in [0.29, 0.717) is 0 Å². The van der Waals surface area contributed by atoms with Crippen LogP contribution in [0.1, 0.15) is 94.4 Å². The third-order valence-corrected chi connectivity index (χ3v) is 5.01. The number of imide groups is 2. The van der Waals surface area contributed by atoms with Crippen LogP contribution in [0, 0.1) is 10.8 Å². The molecule has 2 atom stereocenters. The molecule has 2 aliphatic rings. The monoisotopic (exact) mass is 556 g/mol. The molecule has 2 saturated heterocycles. The highest BCUT2D eigenvalue weighted by Crippen LogP contribution is 2.32. The Labute approximate surface area is 227 Å².